The molecule has 8 heteroatoms. The van der Waals surface area contributed by atoms with Crippen molar-refractivity contribution in [2.75, 3.05) is 20.3 Å². The minimum atomic E-state index is -3.67. The van der Waals surface area contributed by atoms with E-state index in [0.29, 0.717) is 19.4 Å². The third kappa shape index (κ3) is 5.06. The van der Waals surface area contributed by atoms with Crippen molar-refractivity contribution in [1.29, 1.82) is 5.41 Å². The number of ether oxygens (including phenoxy) is 1. The normalized spacial score (nSPS) is 19.8. The molecule has 19 heavy (non-hydrogen) atoms. The number of rotatable bonds is 7. The lowest BCUT2D eigenvalue weighted by Crippen LogP contribution is -2.59. The molecule has 1 rings (SSSR count). The molecular weight excluding hydrogens is 268 g/mol. The van der Waals surface area contributed by atoms with Crippen LogP contribution in [0, 0.1) is 5.41 Å². The number of methoxy groups -OCH3 is 1. The molecule has 0 heterocycles. The Morgan fingerprint density at radius 2 is 1.89 bits per heavy atom. The van der Waals surface area contributed by atoms with Crippen LogP contribution >= 0.6 is 0 Å². The van der Waals surface area contributed by atoms with Gasteiger partial charge in [-0.05, 0) is 12.8 Å². The van der Waals surface area contributed by atoms with Crippen LogP contribution in [-0.2, 0) is 14.9 Å². The summed E-state index contributed by atoms with van der Waals surface area (Å²) in [5, 5.41) is 7.73. The van der Waals surface area contributed by atoms with E-state index in [1.165, 1.54) is 7.11 Å². The SMILES string of the molecule is COCCNS(=O)(=O)NC1(C(=N)N)CCCCCC1. The van der Waals surface area contributed by atoms with Gasteiger partial charge in [0.1, 0.15) is 5.84 Å². The van der Waals surface area contributed by atoms with Crippen LogP contribution in [-0.4, -0.2) is 40.1 Å². The highest BCUT2D eigenvalue weighted by Gasteiger charge is 2.37. The van der Waals surface area contributed by atoms with Crippen LogP contribution in [0.3, 0.4) is 0 Å². The summed E-state index contributed by atoms with van der Waals surface area (Å²) in [7, 11) is -2.17. The highest BCUT2D eigenvalue weighted by atomic mass is 32.2. The second-order valence-electron chi connectivity index (χ2n) is 4.90. The first-order valence-corrected chi connectivity index (χ1v) is 8.02. The standard InChI is InChI=1S/C11H24N4O3S/c1-18-9-8-14-19(16,17)15-11(10(12)13)6-4-2-3-5-7-11/h14-15H,2-9H2,1H3,(H3,12,13). The summed E-state index contributed by atoms with van der Waals surface area (Å²) in [5.74, 6) is -0.105. The van der Waals surface area contributed by atoms with Gasteiger partial charge in [-0.2, -0.15) is 17.9 Å². The molecule has 1 aliphatic carbocycles. The van der Waals surface area contributed by atoms with Gasteiger partial charge in [-0.3, -0.25) is 5.41 Å². The molecule has 1 saturated carbocycles. The van der Waals surface area contributed by atoms with Crippen molar-refractivity contribution >= 4 is 16.0 Å². The van der Waals surface area contributed by atoms with E-state index in [9.17, 15) is 8.42 Å². The Bertz CT molecular complexity index is 389. The molecule has 0 aromatic carbocycles. The monoisotopic (exact) mass is 292 g/mol. The fraction of sp³-hybridized carbons (Fsp3) is 0.909. The molecule has 0 bridgehead atoms. The Labute approximate surface area is 115 Å². The Kier molecular flexibility index (Phi) is 6.18. The van der Waals surface area contributed by atoms with Crippen LogP contribution in [0.4, 0.5) is 0 Å². The smallest absolute Gasteiger partial charge is 0.277 e. The number of nitrogens with one attached hydrogen (secondary N) is 3. The highest BCUT2D eigenvalue weighted by molar-refractivity contribution is 7.87. The predicted octanol–water partition coefficient (Wildman–Crippen LogP) is 0.0858. The summed E-state index contributed by atoms with van der Waals surface area (Å²) in [4.78, 5) is 0. The lowest BCUT2D eigenvalue weighted by atomic mass is 9.90. The average molecular weight is 292 g/mol. The lowest BCUT2D eigenvalue weighted by molar-refractivity contribution is 0.204. The van der Waals surface area contributed by atoms with Gasteiger partial charge in [0.2, 0.25) is 0 Å². The van der Waals surface area contributed by atoms with E-state index in [0.717, 1.165) is 25.7 Å². The predicted molar refractivity (Wildman–Crippen MR) is 74.3 cm³/mol. The van der Waals surface area contributed by atoms with Gasteiger partial charge in [-0.25, -0.2) is 0 Å². The molecule has 0 saturated heterocycles. The quantitative estimate of drug-likeness (QED) is 0.230. The first kappa shape index (κ1) is 16.4. The van der Waals surface area contributed by atoms with Crippen LogP contribution in [0.5, 0.6) is 0 Å². The maximum atomic E-state index is 12.0. The highest BCUT2D eigenvalue weighted by Crippen LogP contribution is 2.27. The van der Waals surface area contributed by atoms with Crippen molar-refractivity contribution in [2.45, 2.75) is 44.1 Å². The lowest BCUT2D eigenvalue weighted by Gasteiger charge is -2.32. The van der Waals surface area contributed by atoms with Crippen molar-refractivity contribution in [3.05, 3.63) is 0 Å². The summed E-state index contributed by atoms with van der Waals surface area (Å²) in [6.45, 7) is 0.494. The first-order chi connectivity index (χ1) is 8.92. The average Bonchev–Trinajstić information content (AvgIpc) is 2.55. The van der Waals surface area contributed by atoms with E-state index < -0.39 is 15.7 Å². The largest absolute Gasteiger partial charge is 0.386 e. The van der Waals surface area contributed by atoms with Gasteiger partial charge in [0.05, 0.1) is 12.1 Å². The van der Waals surface area contributed by atoms with Crippen LogP contribution < -0.4 is 15.2 Å². The van der Waals surface area contributed by atoms with E-state index in [1.54, 1.807) is 0 Å². The van der Waals surface area contributed by atoms with Crippen molar-refractivity contribution in [3.8, 4) is 0 Å². The Morgan fingerprint density at radius 1 is 1.32 bits per heavy atom. The zero-order valence-corrected chi connectivity index (χ0v) is 12.2. The van der Waals surface area contributed by atoms with Crippen LogP contribution in [0.15, 0.2) is 0 Å². The van der Waals surface area contributed by atoms with Gasteiger partial charge in [0.15, 0.2) is 0 Å². The van der Waals surface area contributed by atoms with E-state index >= 15 is 0 Å². The summed E-state index contributed by atoms with van der Waals surface area (Å²) < 4.78 is 33.7. The zero-order valence-electron chi connectivity index (χ0n) is 11.4. The Hall–Kier alpha value is -0.700. The Balaban J connectivity index is 2.74. The summed E-state index contributed by atoms with van der Waals surface area (Å²) in [6.07, 6.45) is 5.00. The van der Waals surface area contributed by atoms with Crippen molar-refractivity contribution in [3.63, 3.8) is 0 Å². The van der Waals surface area contributed by atoms with Gasteiger partial charge >= 0.3 is 0 Å². The summed E-state index contributed by atoms with van der Waals surface area (Å²) >= 11 is 0. The van der Waals surface area contributed by atoms with E-state index in [4.69, 9.17) is 15.9 Å². The topological polar surface area (TPSA) is 117 Å². The second kappa shape index (κ2) is 7.18. The molecular formula is C11H24N4O3S. The van der Waals surface area contributed by atoms with Crippen LogP contribution in [0.2, 0.25) is 0 Å². The molecule has 112 valence electrons. The van der Waals surface area contributed by atoms with E-state index in [1.807, 2.05) is 0 Å². The second-order valence-corrected chi connectivity index (χ2v) is 6.40. The first-order valence-electron chi connectivity index (χ1n) is 6.54. The van der Waals surface area contributed by atoms with Crippen molar-refractivity contribution < 1.29 is 13.2 Å². The van der Waals surface area contributed by atoms with Gasteiger partial charge in [-0.15, -0.1) is 0 Å². The fourth-order valence-corrected chi connectivity index (χ4v) is 3.58. The fourth-order valence-electron chi connectivity index (χ4n) is 2.33. The molecule has 0 unspecified atom stereocenters. The van der Waals surface area contributed by atoms with Crippen LogP contribution in [0.1, 0.15) is 38.5 Å². The molecule has 0 atom stereocenters. The summed E-state index contributed by atoms with van der Waals surface area (Å²) in [5.41, 5.74) is 4.70. The number of hydrogen-bond acceptors (Lipinski definition) is 4. The number of nitrogens with two attached hydrogens (primary N) is 1. The molecule has 0 amide bonds. The maximum absolute atomic E-state index is 12.0. The van der Waals surface area contributed by atoms with E-state index in [-0.39, 0.29) is 12.4 Å². The molecule has 7 nitrogen and oxygen atoms in total. The molecule has 0 spiro atoms. The molecule has 1 fully saturated rings. The Morgan fingerprint density at radius 3 is 2.37 bits per heavy atom. The van der Waals surface area contributed by atoms with Gasteiger partial charge in [0.25, 0.3) is 10.2 Å². The van der Waals surface area contributed by atoms with Crippen molar-refractivity contribution in [2.24, 2.45) is 5.73 Å². The van der Waals surface area contributed by atoms with Gasteiger partial charge in [-0.1, -0.05) is 25.7 Å². The van der Waals surface area contributed by atoms with Gasteiger partial charge < -0.3 is 10.5 Å². The van der Waals surface area contributed by atoms with Crippen molar-refractivity contribution in [1.82, 2.24) is 9.44 Å². The number of amidine groups is 1. The zero-order chi connectivity index (χ0) is 14.4. The summed E-state index contributed by atoms with van der Waals surface area (Å²) in [6, 6.07) is 0. The van der Waals surface area contributed by atoms with Crippen LogP contribution in [0.25, 0.3) is 0 Å². The third-order valence-electron chi connectivity index (χ3n) is 3.40. The molecule has 0 aromatic rings. The molecule has 0 aliphatic heterocycles. The molecule has 5 N–H and O–H groups in total. The number of hydrogen-bond donors (Lipinski definition) is 4. The molecule has 0 aromatic heterocycles. The van der Waals surface area contributed by atoms with E-state index in [2.05, 4.69) is 9.44 Å². The molecule has 1 aliphatic rings. The molecule has 0 radical (unpaired) electrons. The van der Waals surface area contributed by atoms with Gasteiger partial charge in [0, 0.05) is 13.7 Å². The third-order valence-corrected chi connectivity index (χ3v) is 4.64. The minimum Gasteiger partial charge on any atom is -0.386 e. The minimum absolute atomic E-state index is 0.105. The maximum Gasteiger partial charge on any atom is 0.277 e.